The van der Waals surface area contributed by atoms with Crippen molar-refractivity contribution in [3.05, 3.63) is 0 Å². The maximum Gasteiger partial charge on any atom is 0.410 e. The van der Waals surface area contributed by atoms with Crippen LogP contribution in [0.25, 0.3) is 0 Å². The first kappa shape index (κ1) is 22.6. The Morgan fingerprint density at radius 2 is 1.69 bits per heavy atom. The molecule has 6 nitrogen and oxygen atoms in total. The SMILES string of the molecule is CCC(C)CC(CC)(CC)NC(=O)NC1CCN(C(=O)OC(C)C)CC1. The van der Waals surface area contributed by atoms with Crippen molar-refractivity contribution >= 4 is 12.1 Å². The summed E-state index contributed by atoms with van der Waals surface area (Å²) in [7, 11) is 0. The Hall–Kier alpha value is -1.46. The Bertz CT molecular complexity index is 442. The molecule has 26 heavy (non-hydrogen) atoms. The van der Waals surface area contributed by atoms with Crippen molar-refractivity contribution in [2.45, 2.75) is 97.8 Å². The highest BCUT2D eigenvalue weighted by atomic mass is 16.6. The first-order valence-electron chi connectivity index (χ1n) is 10.3. The van der Waals surface area contributed by atoms with Gasteiger partial charge in [-0.15, -0.1) is 0 Å². The van der Waals surface area contributed by atoms with Gasteiger partial charge in [0.2, 0.25) is 0 Å². The monoisotopic (exact) mass is 369 g/mol. The molecule has 1 aliphatic rings. The summed E-state index contributed by atoms with van der Waals surface area (Å²) in [5.74, 6) is 0.588. The third-order valence-electron chi connectivity index (χ3n) is 5.59. The number of rotatable bonds is 8. The molecule has 0 saturated carbocycles. The minimum absolute atomic E-state index is 0.0831. The maximum absolute atomic E-state index is 12.5. The molecule has 1 saturated heterocycles. The van der Waals surface area contributed by atoms with Gasteiger partial charge in [0.05, 0.1) is 6.10 Å². The topological polar surface area (TPSA) is 70.7 Å². The molecule has 0 radical (unpaired) electrons. The van der Waals surface area contributed by atoms with Crippen LogP contribution in [0.15, 0.2) is 0 Å². The first-order valence-corrected chi connectivity index (χ1v) is 10.3. The third kappa shape index (κ3) is 7.04. The number of likely N-dealkylation sites (tertiary alicyclic amines) is 1. The second-order valence-corrected chi connectivity index (χ2v) is 8.00. The Morgan fingerprint density at radius 1 is 1.12 bits per heavy atom. The van der Waals surface area contributed by atoms with E-state index < -0.39 is 0 Å². The number of nitrogens with zero attached hydrogens (tertiary/aromatic N) is 1. The fourth-order valence-corrected chi connectivity index (χ4v) is 3.52. The highest BCUT2D eigenvalue weighted by Crippen LogP contribution is 2.26. The minimum atomic E-state index is -0.257. The number of carbonyl (C=O) groups is 2. The number of urea groups is 1. The predicted octanol–water partition coefficient (Wildman–Crippen LogP) is 4.29. The van der Waals surface area contributed by atoms with Gasteiger partial charge in [0.1, 0.15) is 0 Å². The second-order valence-electron chi connectivity index (χ2n) is 8.00. The Balaban J connectivity index is 2.49. The molecule has 1 fully saturated rings. The highest BCUT2D eigenvalue weighted by Gasteiger charge is 2.31. The predicted molar refractivity (Wildman–Crippen MR) is 105 cm³/mol. The van der Waals surface area contributed by atoms with Crippen LogP contribution in [0.5, 0.6) is 0 Å². The van der Waals surface area contributed by atoms with Gasteiger partial charge in [-0.25, -0.2) is 9.59 Å². The highest BCUT2D eigenvalue weighted by molar-refractivity contribution is 5.75. The quantitative estimate of drug-likeness (QED) is 0.670. The van der Waals surface area contributed by atoms with E-state index in [1.54, 1.807) is 4.90 Å². The molecule has 0 bridgehead atoms. The number of carbonyl (C=O) groups excluding carboxylic acids is 2. The van der Waals surface area contributed by atoms with Gasteiger partial charge in [0, 0.05) is 24.7 Å². The van der Waals surface area contributed by atoms with E-state index in [9.17, 15) is 9.59 Å². The lowest BCUT2D eigenvalue weighted by Gasteiger charge is -2.37. The van der Waals surface area contributed by atoms with Gasteiger partial charge in [-0.2, -0.15) is 0 Å². The van der Waals surface area contributed by atoms with Crippen molar-refractivity contribution in [3.63, 3.8) is 0 Å². The molecular weight excluding hydrogens is 330 g/mol. The molecular formula is C20H39N3O3. The molecule has 0 aliphatic carbocycles. The summed E-state index contributed by atoms with van der Waals surface area (Å²) >= 11 is 0. The van der Waals surface area contributed by atoms with Gasteiger partial charge in [-0.05, 0) is 51.9 Å². The fourth-order valence-electron chi connectivity index (χ4n) is 3.52. The van der Waals surface area contributed by atoms with Crippen molar-refractivity contribution in [1.29, 1.82) is 0 Å². The van der Waals surface area contributed by atoms with Gasteiger partial charge in [-0.3, -0.25) is 0 Å². The molecule has 152 valence electrons. The molecule has 0 aromatic heterocycles. The summed E-state index contributed by atoms with van der Waals surface area (Å²) in [6.07, 6.45) is 5.15. The molecule has 0 spiro atoms. The van der Waals surface area contributed by atoms with Crippen LogP contribution in [0, 0.1) is 5.92 Å². The van der Waals surface area contributed by atoms with Gasteiger partial charge in [0.15, 0.2) is 0 Å². The van der Waals surface area contributed by atoms with Crippen molar-refractivity contribution in [1.82, 2.24) is 15.5 Å². The van der Waals surface area contributed by atoms with Gasteiger partial charge < -0.3 is 20.3 Å². The zero-order valence-electron chi connectivity index (χ0n) is 17.6. The van der Waals surface area contributed by atoms with E-state index in [4.69, 9.17) is 4.74 Å². The number of amides is 3. The fraction of sp³-hybridized carbons (Fsp3) is 0.900. The molecule has 3 amide bonds. The van der Waals surface area contributed by atoms with Crippen LogP contribution >= 0.6 is 0 Å². The number of hydrogen-bond acceptors (Lipinski definition) is 3. The van der Waals surface area contributed by atoms with Gasteiger partial charge >= 0.3 is 12.1 Å². The van der Waals surface area contributed by atoms with Crippen LogP contribution in [0.4, 0.5) is 9.59 Å². The van der Waals surface area contributed by atoms with Crippen LogP contribution in [0.1, 0.15) is 80.1 Å². The van der Waals surface area contributed by atoms with Gasteiger partial charge in [0.25, 0.3) is 0 Å². The van der Waals surface area contributed by atoms with E-state index in [-0.39, 0.29) is 29.8 Å². The molecule has 1 atom stereocenters. The van der Waals surface area contributed by atoms with Crippen LogP contribution in [-0.4, -0.2) is 47.8 Å². The van der Waals surface area contributed by atoms with E-state index in [0.29, 0.717) is 19.0 Å². The number of hydrogen-bond donors (Lipinski definition) is 2. The Morgan fingerprint density at radius 3 is 2.15 bits per heavy atom. The molecule has 1 aliphatic heterocycles. The molecule has 0 aromatic rings. The van der Waals surface area contributed by atoms with Crippen LogP contribution in [-0.2, 0) is 4.74 Å². The largest absolute Gasteiger partial charge is 0.447 e. The Kier molecular flexibility index (Phi) is 9.23. The van der Waals surface area contributed by atoms with Crippen LogP contribution in [0.2, 0.25) is 0 Å². The van der Waals surface area contributed by atoms with Crippen molar-refractivity contribution in [2.24, 2.45) is 5.92 Å². The van der Waals surface area contributed by atoms with Crippen molar-refractivity contribution in [2.75, 3.05) is 13.1 Å². The normalized spacial score (nSPS) is 17.1. The molecule has 0 aromatic carbocycles. The summed E-state index contributed by atoms with van der Waals surface area (Å²) in [6.45, 7) is 13.7. The maximum atomic E-state index is 12.5. The summed E-state index contributed by atoms with van der Waals surface area (Å²) in [5, 5.41) is 6.35. The zero-order valence-corrected chi connectivity index (χ0v) is 17.6. The average Bonchev–Trinajstić information content (AvgIpc) is 2.60. The number of nitrogens with one attached hydrogen (secondary N) is 2. The van der Waals surface area contributed by atoms with Crippen LogP contribution < -0.4 is 10.6 Å². The van der Waals surface area contributed by atoms with E-state index in [2.05, 4.69) is 38.3 Å². The summed E-state index contributed by atoms with van der Waals surface area (Å²) in [6, 6.07) is 0.0216. The number of piperidine rings is 1. The molecule has 1 heterocycles. The second kappa shape index (κ2) is 10.6. The summed E-state index contributed by atoms with van der Waals surface area (Å²) in [5.41, 5.74) is -0.138. The minimum Gasteiger partial charge on any atom is -0.447 e. The zero-order chi connectivity index (χ0) is 19.7. The average molecular weight is 370 g/mol. The van der Waals surface area contributed by atoms with E-state index in [1.807, 2.05) is 13.8 Å². The molecule has 1 rings (SSSR count). The van der Waals surface area contributed by atoms with E-state index >= 15 is 0 Å². The summed E-state index contributed by atoms with van der Waals surface area (Å²) < 4.78 is 5.24. The van der Waals surface area contributed by atoms with E-state index in [1.165, 1.54) is 0 Å². The summed E-state index contributed by atoms with van der Waals surface area (Å²) in [4.78, 5) is 26.2. The third-order valence-corrected chi connectivity index (χ3v) is 5.59. The Labute approximate surface area is 159 Å². The van der Waals surface area contributed by atoms with Crippen LogP contribution in [0.3, 0.4) is 0 Å². The molecule has 1 unspecified atom stereocenters. The standard InChI is InChI=1S/C20H39N3O3/c1-7-16(6)14-20(8-2,9-3)22-18(24)21-17-10-12-23(13-11-17)19(25)26-15(4)5/h15-17H,7-14H2,1-6H3,(H2,21,22,24). The lowest BCUT2D eigenvalue weighted by Crippen LogP contribution is -2.55. The van der Waals surface area contributed by atoms with Crippen molar-refractivity contribution < 1.29 is 14.3 Å². The number of ether oxygens (including phenoxy) is 1. The first-order chi connectivity index (χ1) is 12.2. The van der Waals surface area contributed by atoms with E-state index in [0.717, 1.165) is 38.5 Å². The lowest BCUT2D eigenvalue weighted by molar-refractivity contribution is 0.0683. The van der Waals surface area contributed by atoms with Gasteiger partial charge in [-0.1, -0.05) is 34.1 Å². The smallest absolute Gasteiger partial charge is 0.410 e. The van der Waals surface area contributed by atoms with Crippen molar-refractivity contribution in [3.8, 4) is 0 Å². The lowest BCUT2D eigenvalue weighted by atomic mass is 9.82. The molecule has 6 heteroatoms. The molecule has 2 N–H and O–H groups in total.